The molecule has 92 valence electrons. The molecule has 1 saturated carbocycles. The van der Waals surface area contributed by atoms with Crippen LogP contribution in [0.3, 0.4) is 0 Å². The van der Waals surface area contributed by atoms with Gasteiger partial charge in [0.05, 0.1) is 6.54 Å². The molecular weight excluding hydrogens is 219 g/mol. The summed E-state index contributed by atoms with van der Waals surface area (Å²) in [5.74, 6) is 0.333. The minimum atomic E-state index is -0.257. The van der Waals surface area contributed by atoms with Crippen LogP contribution in [-0.4, -0.2) is 23.9 Å². The van der Waals surface area contributed by atoms with Gasteiger partial charge in [0.25, 0.3) is 0 Å². The van der Waals surface area contributed by atoms with Crippen LogP contribution in [0.15, 0.2) is 24.3 Å². The zero-order chi connectivity index (χ0) is 12.3. The number of carbonyl (C=O) groups is 1. The summed E-state index contributed by atoms with van der Waals surface area (Å²) in [4.78, 5) is 13.4. The van der Waals surface area contributed by atoms with Crippen LogP contribution in [0, 0.1) is 11.7 Å². The van der Waals surface area contributed by atoms with Crippen molar-refractivity contribution < 1.29 is 9.18 Å². The van der Waals surface area contributed by atoms with E-state index in [2.05, 4.69) is 0 Å². The molecule has 4 heteroatoms. The summed E-state index contributed by atoms with van der Waals surface area (Å²) < 4.78 is 12.8. The first-order valence-corrected chi connectivity index (χ1v) is 5.91. The second kappa shape index (κ2) is 5.27. The molecule has 0 atom stereocenters. The Morgan fingerprint density at radius 2 is 2.00 bits per heavy atom. The fourth-order valence-electron chi connectivity index (χ4n) is 1.81. The molecule has 1 aliphatic carbocycles. The van der Waals surface area contributed by atoms with Crippen molar-refractivity contribution >= 4 is 5.91 Å². The second-order valence-electron chi connectivity index (χ2n) is 4.55. The van der Waals surface area contributed by atoms with Crippen molar-refractivity contribution in [3.8, 4) is 0 Å². The van der Waals surface area contributed by atoms with Gasteiger partial charge in [0.15, 0.2) is 0 Å². The Bertz CT molecular complexity index is 387. The molecule has 17 heavy (non-hydrogen) atoms. The Labute approximate surface area is 100 Å². The summed E-state index contributed by atoms with van der Waals surface area (Å²) in [6.07, 6.45) is 2.38. The van der Waals surface area contributed by atoms with Gasteiger partial charge in [0.2, 0.25) is 5.91 Å². The quantitative estimate of drug-likeness (QED) is 0.842. The molecule has 1 aliphatic rings. The monoisotopic (exact) mass is 236 g/mol. The highest BCUT2D eigenvalue weighted by Gasteiger charge is 2.26. The zero-order valence-electron chi connectivity index (χ0n) is 9.73. The van der Waals surface area contributed by atoms with Crippen LogP contribution >= 0.6 is 0 Å². The van der Waals surface area contributed by atoms with Gasteiger partial charge in [-0.2, -0.15) is 0 Å². The van der Waals surface area contributed by atoms with E-state index in [1.54, 1.807) is 17.0 Å². The van der Waals surface area contributed by atoms with Crippen LogP contribution < -0.4 is 5.73 Å². The smallest absolute Gasteiger partial charge is 0.236 e. The molecule has 1 fully saturated rings. The van der Waals surface area contributed by atoms with E-state index in [-0.39, 0.29) is 18.3 Å². The van der Waals surface area contributed by atoms with Gasteiger partial charge >= 0.3 is 0 Å². The Morgan fingerprint density at radius 1 is 1.35 bits per heavy atom. The minimum Gasteiger partial charge on any atom is -0.337 e. The fourth-order valence-corrected chi connectivity index (χ4v) is 1.81. The predicted octanol–water partition coefficient (Wildman–Crippen LogP) is 1.52. The standard InChI is InChI=1S/C13H17FN2O/c14-12-5-3-11(4-6-12)9-16(13(17)7-15)8-10-1-2-10/h3-6,10H,1-2,7-9,15H2. The molecule has 0 unspecified atom stereocenters. The molecule has 1 aromatic carbocycles. The van der Waals surface area contributed by atoms with Crippen LogP contribution in [0.4, 0.5) is 4.39 Å². The lowest BCUT2D eigenvalue weighted by Crippen LogP contribution is -2.36. The first kappa shape index (κ1) is 12.0. The number of hydrogen-bond donors (Lipinski definition) is 1. The van der Waals surface area contributed by atoms with Gasteiger partial charge in [-0.1, -0.05) is 12.1 Å². The molecule has 0 aromatic heterocycles. The third kappa shape index (κ3) is 3.53. The lowest BCUT2D eigenvalue weighted by Gasteiger charge is -2.22. The number of benzene rings is 1. The molecule has 0 heterocycles. The highest BCUT2D eigenvalue weighted by Crippen LogP contribution is 2.30. The molecule has 3 nitrogen and oxygen atoms in total. The lowest BCUT2D eigenvalue weighted by atomic mass is 10.2. The Morgan fingerprint density at radius 3 is 2.53 bits per heavy atom. The van der Waals surface area contributed by atoms with Crippen molar-refractivity contribution in [2.75, 3.05) is 13.1 Å². The molecule has 1 amide bonds. The lowest BCUT2D eigenvalue weighted by molar-refractivity contribution is -0.130. The largest absolute Gasteiger partial charge is 0.337 e. The van der Waals surface area contributed by atoms with Crippen LogP contribution in [0.5, 0.6) is 0 Å². The van der Waals surface area contributed by atoms with E-state index in [9.17, 15) is 9.18 Å². The van der Waals surface area contributed by atoms with Crippen molar-refractivity contribution in [2.45, 2.75) is 19.4 Å². The topological polar surface area (TPSA) is 46.3 Å². The number of hydrogen-bond acceptors (Lipinski definition) is 2. The van der Waals surface area contributed by atoms with Crippen molar-refractivity contribution in [3.63, 3.8) is 0 Å². The zero-order valence-corrected chi connectivity index (χ0v) is 9.73. The van der Waals surface area contributed by atoms with E-state index in [1.165, 1.54) is 25.0 Å². The molecule has 0 radical (unpaired) electrons. The van der Waals surface area contributed by atoms with E-state index in [0.717, 1.165) is 12.1 Å². The maximum absolute atomic E-state index is 12.8. The summed E-state index contributed by atoms with van der Waals surface area (Å²) in [7, 11) is 0. The Balaban J connectivity index is 2.00. The molecular formula is C13H17FN2O. The maximum atomic E-state index is 12.8. The van der Waals surface area contributed by atoms with E-state index in [4.69, 9.17) is 5.73 Å². The highest BCUT2D eigenvalue weighted by molar-refractivity contribution is 5.78. The molecule has 1 aromatic rings. The SMILES string of the molecule is NCC(=O)N(Cc1ccc(F)cc1)CC1CC1. The van der Waals surface area contributed by atoms with Crippen molar-refractivity contribution in [1.29, 1.82) is 0 Å². The molecule has 2 N–H and O–H groups in total. The second-order valence-corrected chi connectivity index (χ2v) is 4.55. The fraction of sp³-hybridized carbons (Fsp3) is 0.462. The number of carbonyl (C=O) groups excluding carboxylic acids is 1. The highest BCUT2D eigenvalue weighted by atomic mass is 19.1. The van der Waals surface area contributed by atoms with Gasteiger partial charge in [-0.15, -0.1) is 0 Å². The van der Waals surface area contributed by atoms with Gasteiger partial charge in [-0.25, -0.2) is 4.39 Å². The van der Waals surface area contributed by atoms with Crippen LogP contribution in [0.2, 0.25) is 0 Å². The summed E-state index contributed by atoms with van der Waals surface area (Å²) in [6.45, 7) is 1.33. The number of rotatable bonds is 5. The molecule has 0 aliphatic heterocycles. The predicted molar refractivity (Wildman–Crippen MR) is 63.6 cm³/mol. The van der Waals surface area contributed by atoms with Crippen LogP contribution in [0.25, 0.3) is 0 Å². The van der Waals surface area contributed by atoms with Gasteiger partial charge in [-0.05, 0) is 36.5 Å². The Hall–Kier alpha value is -1.42. The normalized spacial score (nSPS) is 14.7. The van der Waals surface area contributed by atoms with Crippen LogP contribution in [-0.2, 0) is 11.3 Å². The summed E-state index contributed by atoms with van der Waals surface area (Å²) in [5.41, 5.74) is 6.33. The van der Waals surface area contributed by atoms with Gasteiger partial charge in [0.1, 0.15) is 5.82 Å². The maximum Gasteiger partial charge on any atom is 0.236 e. The number of halogens is 1. The third-order valence-corrected chi connectivity index (χ3v) is 2.99. The molecule has 0 spiro atoms. The van der Waals surface area contributed by atoms with Gasteiger partial charge < -0.3 is 10.6 Å². The average molecular weight is 236 g/mol. The summed E-state index contributed by atoms with van der Waals surface area (Å²) in [5, 5.41) is 0. The van der Waals surface area contributed by atoms with E-state index in [1.807, 2.05) is 0 Å². The number of amides is 1. The van der Waals surface area contributed by atoms with E-state index < -0.39 is 0 Å². The molecule has 2 rings (SSSR count). The molecule has 0 bridgehead atoms. The van der Waals surface area contributed by atoms with Gasteiger partial charge in [0, 0.05) is 13.1 Å². The van der Waals surface area contributed by atoms with Crippen molar-refractivity contribution in [1.82, 2.24) is 4.90 Å². The average Bonchev–Trinajstić information content (AvgIpc) is 3.14. The van der Waals surface area contributed by atoms with Crippen molar-refractivity contribution in [3.05, 3.63) is 35.6 Å². The summed E-state index contributed by atoms with van der Waals surface area (Å²) >= 11 is 0. The van der Waals surface area contributed by atoms with E-state index in [0.29, 0.717) is 12.5 Å². The third-order valence-electron chi connectivity index (χ3n) is 2.99. The molecule has 0 saturated heterocycles. The van der Waals surface area contributed by atoms with Crippen molar-refractivity contribution in [2.24, 2.45) is 11.7 Å². The van der Waals surface area contributed by atoms with E-state index >= 15 is 0 Å². The Kier molecular flexibility index (Phi) is 3.74. The number of nitrogens with two attached hydrogens (primary N) is 1. The minimum absolute atomic E-state index is 0.0356. The first-order valence-electron chi connectivity index (χ1n) is 5.91. The first-order chi connectivity index (χ1) is 8.19. The summed E-state index contributed by atoms with van der Waals surface area (Å²) in [6, 6.07) is 6.24. The van der Waals surface area contributed by atoms with Gasteiger partial charge in [-0.3, -0.25) is 4.79 Å². The van der Waals surface area contributed by atoms with Crippen LogP contribution in [0.1, 0.15) is 18.4 Å². The number of nitrogens with zero attached hydrogens (tertiary/aromatic N) is 1.